The minimum absolute atomic E-state index is 0.155. The van der Waals surface area contributed by atoms with Gasteiger partial charge in [0.2, 0.25) is 5.90 Å². The number of pyridine rings is 1. The Balaban J connectivity index is 2.00. The zero-order chi connectivity index (χ0) is 13.5. The van der Waals surface area contributed by atoms with Crippen molar-refractivity contribution < 1.29 is 4.74 Å². The third-order valence-electron chi connectivity index (χ3n) is 3.01. The van der Waals surface area contributed by atoms with Gasteiger partial charge < -0.3 is 4.74 Å². The highest BCUT2D eigenvalue weighted by atomic mass is 16.5. The zero-order valence-electron chi connectivity index (χ0n) is 11.3. The Morgan fingerprint density at radius 1 is 1.37 bits per heavy atom. The van der Waals surface area contributed by atoms with Gasteiger partial charge in [0.1, 0.15) is 6.61 Å². The SMILES string of the molecule is Cc1nn(-c2cccnc2)cc1C1=NC(C)(C)CO1. The monoisotopic (exact) mass is 256 g/mol. The van der Waals surface area contributed by atoms with Gasteiger partial charge in [0.25, 0.3) is 0 Å². The summed E-state index contributed by atoms with van der Waals surface area (Å²) in [5.41, 5.74) is 2.61. The van der Waals surface area contributed by atoms with Crippen molar-refractivity contribution in [1.82, 2.24) is 14.8 Å². The molecule has 1 aliphatic heterocycles. The molecule has 2 aromatic heterocycles. The lowest BCUT2D eigenvalue weighted by Gasteiger charge is -2.07. The fourth-order valence-electron chi connectivity index (χ4n) is 2.01. The van der Waals surface area contributed by atoms with Gasteiger partial charge in [-0.3, -0.25) is 4.98 Å². The summed E-state index contributed by atoms with van der Waals surface area (Å²) in [6.07, 6.45) is 5.46. The van der Waals surface area contributed by atoms with Crippen LogP contribution in [-0.2, 0) is 4.74 Å². The highest BCUT2D eigenvalue weighted by Crippen LogP contribution is 2.22. The largest absolute Gasteiger partial charge is 0.475 e. The van der Waals surface area contributed by atoms with E-state index < -0.39 is 0 Å². The summed E-state index contributed by atoms with van der Waals surface area (Å²) in [4.78, 5) is 8.68. The Morgan fingerprint density at radius 2 is 2.21 bits per heavy atom. The van der Waals surface area contributed by atoms with Gasteiger partial charge in [0.05, 0.1) is 28.7 Å². The molecule has 0 spiro atoms. The van der Waals surface area contributed by atoms with E-state index >= 15 is 0 Å². The number of nitrogens with zero attached hydrogens (tertiary/aromatic N) is 4. The van der Waals surface area contributed by atoms with Gasteiger partial charge in [-0.05, 0) is 32.9 Å². The van der Waals surface area contributed by atoms with Crippen LogP contribution < -0.4 is 0 Å². The molecule has 0 unspecified atom stereocenters. The third kappa shape index (κ3) is 2.23. The number of aryl methyl sites for hydroxylation is 1. The Kier molecular flexibility index (Phi) is 2.62. The fourth-order valence-corrected chi connectivity index (χ4v) is 2.01. The average Bonchev–Trinajstić information content (AvgIpc) is 2.93. The van der Waals surface area contributed by atoms with Crippen molar-refractivity contribution in [1.29, 1.82) is 0 Å². The standard InChI is InChI=1S/C14H16N4O/c1-10-12(13-16-14(2,3)9-19-13)8-18(17-10)11-5-4-6-15-7-11/h4-8H,9H2,1-3H3. The van der Waals surface area contributed by atoms with Gasteiger partial charge in [-0.1, -0.05) is 0 Å². The second-order valence-electron chi connectivity index (χ2n) is 5.30. The predicted octanol–water partition coefficient (Wildman–Crippen LogP) is 2.13. The molecule has 3 rings (SSSR count). The molecular weight excluding hydrogens is 240 g/mol. The molecule has 0 saturated heterocycles. The second-order valence-corrected chi connectivity index (χ2v) is 5.30. The molecule has 98 valence electrons. The quantitative estimate of drug-likeness (QED) is 0.827. The number of ether oxygens (including phenoxy) is 1. The van der Waals surface area contributed by atoms with Crippen LogP contribution in [0.1, 0.15) is 25.1 Å². The Hall–Kier alpha value is -2.17. The van der Waals surface area contributed by atoms with E-state index in [4.69, 9.17) is 4.74 Å². The molecule has 1 aliphatic rings. The molecule has 0 radical (unpaired) electrons. The Bertz CT molecular complexity index is 628. The second kappa shape index (κ2) is 4.19. The minimum Gasteiger partial charge on any atom is -0.475 e. The Morgan fingerprint density at radius 3 is 2.84 bits per heavy atom. The van der Waals surface area contributed by atoms with Gasteiger partial charge in [0.15, 0.2) is 0 Å². The van der Waals surface area contributed by atoms with Crippen molar-refractivity contribution in [3.63, 3.8) is 0 Å². The van der Waals surface area contributed by atoms with E-state index in [1.807, 2.05) is 25.3 Å². The van der Waals surface area contributed by atoms with E-state index in [2.05, 4.69) is 28.9 Å². The minimum atomic E-state index is -0.155. The van der Waals surface area contributed by atoms with Crippen LogP contribution in [0.5, 0.6) is 0 Å². The molecule has 0 saturated carbocycles. The van der Waals surface area contributed by atoms with Crippen LogP contribution >= 0.6 is 0 Å². The number of aromatic nitrogens is 3. The van der Waals surface area contributed by atoms with Crippen LogP contribution in [0.2, 0.25) is 0 Å². The van der Waals surface area contributed by atoms with Crippen molar-refractivity contribution in [3.8, 4) is 5.69 Å². The van der Waals surface area contributed by atoms with Crippen molar-refractivity contribution in [2.75, 3.05) is 6.61 Å². The Labute approximate surface area is 112 Å². The first-order valence-electron chi connectivity index (χ1n) is 6.25. The van der Waals surface area contributed by atoms with Crippen LogP contribution in [0.4, 0.5) is 0 Å². The third-order valence-corrected chi connectivity index (χ3v) is 3.01. The lowest BCUT2D eigenvalue weighted by atomic mass is 10.1. The van der Waals surface area contributed by atoms with E-state index in [1.165, 1.54) is 0 Å². The summed E-state index contributed by atoms with van der Waals surface area (Å²) >= 11 is 0. The molecule has 0 atom stereocenters. The molecule has 5 heteroatoms. The van der Waals surface area contributed by atoms with E-state index in [-0.39, 0.29) is 5.54 Å². The summed E-state index contributed by atoms with van der Waals surface area (Å²) in [5, 5.41) is 4.49. The lowest BCUT2D eigenvalue weighted by molar-refractivity contribution is 0.279. The van der Waals surface area contributed by atoms with Crippen LogP contribution in [0.3, 0.4) is 0 Å². The van der Waals surface area contributed by atoms with E-state index in [1.54, 1.807) is 17.1 Å². The normalized spacial score (nSPS) is 17.1. The van der Waals surface area contributed by atoms with Crippen LogP contribution in [0, 0.1) is 6.92 Å². The number of aliphatic imine (C=N–C) groups is 1. The van der Waals surface area contributed by atoms with Gasteiger partial charge >= 0.3 is 0 Å². The first kappa shape index (κ1) is 11.9. The van der Waals surface area contributed by atoms with Gasteiger partial charge in [-0.15, -0.1) is 0 Å². The van der Waals surface area contributed by atoms with Gasteiger partial charge in [-0.25, -0.2) is 9.67 Å². The highest BCUT2D eigenvalue weighted by molar-refractivity contribution is 5.96. The van der Waals surface area contributed by atoms with Gasteiger partial charge in [0, 0.05) is 12.4 Å². The summed E-state index contributed by atoms with van der Waals surface area (Å²) in [6.45, 7) is 6.68. The molecule has 0 bridgehead atoms. The molecule has 3 heterocycles. The molecular formula is C14H16N4O. The number of rotatable bonds is 2. The molecule has 5 nitrogen and oxygen atoms in total. The average molecular weight is 256 g/mol. The summed E-state index contributed by atoms with van der Waals surface area (Å²) in [6, 6.07) is 3.85. The van der Waals surface area contributed by atoms with E-state index in [9.17, 15) is 0 Å². The van der Waals surface area contributed by atoms with Crippen molar-refractivity contribution >= 4 is 5.90 Å². The smallest absolute Gasteiger partial charge is 0.220 e. The summed E-state index contributed by atoms with van der Waals surface area (Å²) in [7, 11) is 0. The van der Waals surface area contributed by atoms with Crippen molar-refractivity contribution in [2.24, 2.45) is 4.99 Å². The maximum absolute atomic E-state index is 5.67. The molecule has 0 N–H and O–H groups in total. The molecule has 0 aliphatic carbocycles. The van der Waals surface area contributed by atoms with Crippen LogP contribution in [0.15, 0.2) is 35.7 Å². The maximum atomic E-state index is 5.67. The predicted molar refractivity (Wildman–Crippen MR) is 72.7 cm³/mol. The molecule has 2 aromatic rings. The molecule has 0 amide bonds. The fraction of sp³-hybridized carbons (Fsp3) is 0.357. The lowest BCUT2D eigenvalue weighted by Crippen LogP contribution is -2.17. The molecule has 0 aromatic carbocycles. The maximum Gasteiger partial charge on any atom is 0.220 e. The number of hydrogen-bond acceptors (Lipinski definition) is 4. The molecule has 0 fully saturated rings. The zero-order valence-corrected chi connectivity index (χ0v) is 11.3. The van der Waals surface area contributed by atoms with Crippen LogP contribution in [0.25, 0.3) is 5.69 Å². The summed E-state index contributed by atoms with van der Waals surface area (Å²) < 4.78 is 7.47. The van der Waals surface area contributed by atoms with Crippen molar-refractivity contribution in [3.05, 3.63) is 42.0 Å². The molecule has 19 heavy (non-hydrogen) atoms. The topological polar surface area (TPSA) is 52.3 Å². The highest BCUT2D eigenvalue weighted by Gasteiger charge is 2.28. The first-order chi connectivity index (χ1) is 9.05. The first-order valence-corrected chi connectivity index (χ1v) is 6.25. The summed E-state index contributed by atoms with van der Waals surface area (Å²) in [5.74, 6) is 0.678. The van der Waals surface area contributed by atoms with E-state index in [0.717, 1.165) is 16.9 Å². The van der Waals surface area contributed by atoms with Gasteiger partial charge in [-0.2, -0.15) is 5.10 Å². The van der Waals surface area contributed by atoms with Crippen LogP contribution in [-0.4, -0.2) is 32.8 Å². The number of hydrogen-bond donors (Lipinski definition) is 0. The van der Waals surface area contributed by atoms with E-state index in [0.29, 0.717) is 12.5 Å². The van der Waals surface area contributed by atoms with Crippen molar-refractivity contribution in [2.45, 2.75) is 26.3 Å².